The second-order valence-corrected chi connectivity index (χ2v) is 5.50. The summed E-state index contributed by atoms with van der Waals surface area (Å²) in [5, 5.41) is 0. The minimum Gasteiger partial charge on any atom is -0.466 e. The van der Waals surface area contributed by atoms with Gasteiger partial charge in [0.1, 0.15) is 5.76 Å². The minimum absolute atomic E-state index is 0.0522. The van der Waals surface area contributed by atoms with Crippen molar-refractivity contribution in [1.29, 1.82) is 0 Å². The third-order valence-electron chi connectivity index (χ3n) is 4.05. The van der Waals surface area contributed by atoms with Gasteiger partial charge in [-0.1, -0.05) is 0 Å². The number of carbonyl (C=O) groups excluding carboxylic acids is 1. The van der Waals surface area contributed by atoms with Crippen LogP contribution in [0.2, 0.25) is 0 Å². The molecule has 0 bridgehead atoms. The first-order valence-corrected chi connectivity index (χ1v) is 7.60. The van der Waals surface area contributed by atoms with Crippen LogP contribution >= 0.6 is 0 Å². The van der Waals surface area contributed by atoms with Crippen molar-refractivity contribution >= 4 is 23.0 Å². The van der Waals surface area contributed by atoms with E-state index >= 15 is 0 Å². The Morgan fingerprint density at radius 3 is 2.67 bits per heavy atom. The summed E-state index contributed by atoms with van der Waals surface area (Å²) >= 11 is 0. The lowest BCUT2D eigenvalue weighted by Crippen LogP contribution is -2.40. The van der Waals surface area contributed by atoms with E-state index in [4.69, 9.17) is 9.15 Å². The first kappa shape index (κ1) is 16.0. The Hall–Kier alpha value is -2.84. The average molecular weight is 334 g/mol. The third-order valence-corrected chi connectivity index (χ3v) is 4.05. The summed E-state index contributed by atoms with van der Waals surface area (Å²) in [5.41, 5.74) is 0.200. The van der Waals surface area contributed by atoms with Crippen molar-refractivity contribution < 1.29 is 13.9 Å². The Kier molecular flexibility index (Phi) is 3.78. The van der Waals surface area contributed by atoms with Gasteiger partial charge in [-0.05, 0) is 20.8 Å². The van der Waals surface area contributed by atoms with Gasteiger partial charge in [-0.3, -0.25) is 23.1 Å². The topological polar surface area (TPSA) is 101 Å². The van der Waals surface area contributed by atoms with Gasteiger partial charge in [0.2, 0.25) is 0 Å². The number of hydrogen-bond donors (Lipinski definition) is 0. The van der Waals surface area contributed by atoms with E-state index in [9.17, 15) is 14.4 Å². The molecule has 9 heteroatoms. The van der Waals surface area contributed by atoms with Gasteiger partial charge < -0.3 is 9.15 Å². The number of carbonyl (C=O) groups is 1. The van der Waals surface area contributed by atoms with Gasteiger partial charge in [-0.15, -0.1) is 0 Å². The fourth-order valence-corrected chi connectivity index (χ4v) is 2.68. The molecule has 0 spiro atoms. The highest BCUT2D eigenvalue weighted by Crippen LogP contribution is 2.19. The molecule has 0 saturated carbocycles. The van der Waals surface area contributed by atoms with Crippen LogP contribution in [0.3, 0.4) is 0 Å². The second-order valence-electron chi connectivity index (χ2n) is 5.50. The van der Waals surface area contributed by atoms with E-state index in [1.54, 1.807) is 25.2 Å². The minimum atomic E-state index is -0.535. The lowest BCUT2D eigenvalue weighted by atomic mass is 10.4. The van der Waals surface area contributed by atoms with Gasteiger partial charge in [0.25, 0.3) is 5.56 Å². The molecule has 128 valence electrons. The van der Waals surface area contributed by atoms with Crippen LogP contribution in [0.4, 0.5) is 0 Å². The Morgan fingerprint density at radius 2 is 2.00 bits per heavy atom. The average Bonchev–Trinajstić information content (AvgIpc) is 3.03. The van der Waals surface area contributed by atoms with Crippen LogP contribution in [-0.4, -0.2) is 31.1 Å². The molecule has 0 atom stereocenters. The van der Waals surface area contributed by atoms with Gasteiger partial charge >= 0.3 is 17.5 Å². The quantitative estimate of drug-likeness (QED) is 0.645. The van der Waals surface area contributed by atoms with Crippen molar-refractivity contribution in [2.24, 2.45) is 7.05 Å². The molecular formula is C15H18N4O5. The SMILES string of the molecule is CCOC(=O)CCn1c(=O)c2c(nc3oc(C)c(C)n32)n(C)c1=O. The summed E-state index contributed by atoms with van der Waals surface area (Å²) in [4.78, 5) is 41.0. The summed E-state index contributed by atoms with van der Waals surface area (Å²) in [7, 11) is 1.53. The monoisotopic (exact) mass is 334 g/mol. The molecule has 3 rings (SSSR count). The maximum Gasteiger partial charge on any atom is 0.332 e. The molecule has 0 aliphatic rings. The summed E-state index contributed by atoms with van der Waals surface area (Å²) in [6.45, 7) is 5.48. The van der Waals surface area contributed by atoms with Crippen LogP contribution in [0.25, 0.3) is 17.0 Å². The van der Waals surface area contributed by atoms with Gasteiger partial charge in [0.15, 0.2) is 11.2 Å². The van der Waals surface area contributed by atoms with Crippen LogP contribution < -0.4 is 11.2 Å². The van der Waals surface area contributed by atoms with Crippen molar-refractivity contribution in [1.82, 2.24) is 18.5 Å². The Morgan fingerprint density at radius 1 is 1.29 bits per heavy atom. The number of imidazole rings is 1. The number of aryl methyl sites for hydroxylation is 3. The van der Waals surface area contributed by atoms with Crippen molar-refractivity contribution in [2.75, 3.05) is 6.61 Å². The molecule has 0 aliphatic carbocycles. The zero-order valence-corrected chi connectivity index (χ0v) is 14.0. The molecule has 3 aromatic heterocycles. The summed E-state index contributed by atoms with van der Waals surface area (Å²) < 4.78 is 14.3. The van der Waals surface area contributed by atoms with Crippen molar-refractivity contribution in [3.63, 3.8) is 0 Å². The predicted molar refractivity (Wildman–Crippen MR) is 85.2 cm³/mol. The molecule has 0 fully saturated rings. The Labute approximate surface area is 136 Å². The van der Waals surface area contributed by atoms with Crippen molar-refractivity contribution in [2.45, 2.75) is 33.7 Å². The number of aromatic nitrogens is 4. The first-order valence-electron chi connectivity index (χ1n) is 7.60. The van der Waals surface area contributed by atoms with Crippen LogP contribution in [0.5, 0.6) is 0 Å². The number of rotatable bonds is 4. The van der Waals surface area contributed by atoms with Crippen molar-refractivity contribution in [3.05, 3.63) is 32.3 Å². The molecule has 0 aromatic carbocycles. The van der Waals surface area contributed by atoms with Gasteiger partial charge in [-0.25, -0.2) is 4.79 Å². The summed E-state index contributed by atoms with van der Waals surface area (Å²) in [6, 6.07) is 0. The van der Waals surface area contributed by atoms with Crippen LogP contribution in [0.1, 0.15) is 24.8 Å². The molecule has 3 aromatic rings. The predicted octanol–water partition coefficient (Wildman–Crippen LogP) is 0.511. The second kappa shape index (κ2) is 5.66. The molecule has 3 heterocycles. The molecule has 0 unspecified atom stereocenters. The maximum atomic E-state index is 12.8. The molecule has 0 aliphatic heterocycles. The van der Waals surface area contributed by atoms with E-state index in [-0.39, 0.29) is 36.6 Å². The molecule has 0 radical (unpaired) electrons. The van der Waals surface area contributed by atoms with E-state index in [1.807, 2.05) is 0 Å². The van der Waals surface area contributed by atoms with E-state index < -0.39 is 17.2 Å². The Bertz CT molecular complexity index is 1070. The maximum absolute atomic E-state index is 12.8. The number of fused-ring (bicyclic) bond motifs is 3. The molecule has 24 heavy (non-hydrogen) atoms. The lowest BCUT2D eigenvalue weighted by molar-refractivity contribution is -0.143. The molecule has 9 nitrogen and oxygen atoms in total. The van der Waals surface area contributed by atoms with E-state index in [1.165, 1.54) is 11.6 Å². The van der Waals surface area contributed by atoms with Crippen LogP contribution in [-0.2, 0) is 23.1 Å². The van der Waals surface area contributed by atoms with E-state index in [0.717, 1.165) is 10.3 Å². The van der Waals surface area contributed by atoms with Crippen LogP contribution in [0, 0.1) is 13.8 Å². The number of nitrogens with zero attached hydrogens (tertiary/aromatic N) is 4. The highest BCUT2D eigenvalue weighted by atomic mass is 16.5. The Balaban J connectivity index is 2.23. The molecule has 0 saturated heterocycles. The zero-order valence-electron chi connectivity index (χ0n) is 14.0. The summed E-state index contributed by atoms with van der Waals surface area (Å²) in [5.74, 6) is 0.446. The normalized spacial score (nSPS) is 11.5. The first-order chi connectivity index (χ1) is 11.4. The largest absolute Gasteiger partial charge is 0.466 e. The molecular weight excluding hydrogens is 316 g/mol. The highest BCUT2D eigenvalue weighted by Gasteiger charge is 2.21. The van der Waals surface area contributed by atoms with Gasteiger partial charge in [0.05, 0.1) is 18.7 Å². The van der Waals surface area contributed by atoms with Gasteiger partial charge in [0, 0.05) is 13.6 Å². The zero-order chi connectivity index (χ0) is 17.6. The van der Waals surface area contributed by atoms with Crippen LogP contribution in [0.15, 0.2) is 14.0 Å². The number of ether oxygens (including phenoxy) is 1. The van der Waals surface area contributed by atoms with Crippen molar-refractivity contribution in [3.8, 4) is 0 Å². The third kappa shape index (κ3) is 2.24. The number of esters is 1. The molecule has 0 N–H and O–H groups in total. The fraction of sp³-hybridized carbons (Fsp3) is 0.467. The number of hydrogen-bond acceptors (Lipinski definition) is 6. The van der Waals surface area contributed by atoms with Gasteiger partial charge in [-0.2, -0.15) is 4.98 Å². The number of oxazole rings is 1. The standard InChI is InChI=1S/C15H18N4O5/c1-5-23-10(20)6-7-18-13(21)11-12(17(4)15(18)22)16-14-19(11)8(2)9(3)24-14/h5-7H2,1-4H3. The smallest absolute Gasteiger partial charge is 0.332 e. The lowest BCUT2D eigenvalue weighted by Gasteiger charge is -2.08. The van der Waals surface area contributed by atoms with E-state index in [2.05, 4.69) is 4.98 Å². The summed E-state index contributed by atoms with van der Waals surface area (Å²) in [6.07, 6.45) is -0.0557. The highest BCUT2D eigenvalue weighted by molar-refractivity contribution is 5.75. The molecule has 0 amide bonds. The fourth-order valence-electron chi connectivity index (χ4n) is 2.68. The van der Waals surface area contributed by atoms with E-state index in [0.29, 0.717) is 5.76 Å².